The second-order valence-corrected chi connectivity index (χ2v) is 9.59. The van der Waals surface area contributed by atoms with Crippen molar-refractivity contribution in [1.82, 2.24) is 5.32 Å². The second kappa shape index (κ2) is 10.6. The first-order chi connectivity index (χ1) is 16.1. The van der Waals surface area contributed by atoms with Gasteiger partial charge in [0, 0.05) is 11.3 Å². The van der Waals surface area contributed by atoms with Crippen LogP contribution >= 0.6 is 0 Å². The van der Waals surface area contributed by atoms with Crippen LogP contribution in [0.2, 0.25) is 0 Å². The van der Waals surface area contributed by atoms with Gasteiger partial charge in [-0.3, -0.25) is 9.52 Å². The van der Waals surface area contributed by atoms with E-state index in [9.17, 15) is 17.6 Å². The molecule has 0 aliphatic rings. The van der Waals surface area contributed by atoms with Gasteiger partial charge in [-0.05, 0) is 87.0 Å². The van der Waals surface area contributed by atoms with Gasteiger partial charge in [-0.25, -0.2) is 12.8 Å². The maximum absolute atomic E-state index is 13.0. The Kier molecular flexibility index (Phi) is 7.78. The Balaban J connectivity index is 1.69. The lowest BCUT2D eigenvalue weighted by atomic mass is 10.1. The van der Waals surface area contributed by atoms with Crippen LogP contribution in [0, 0.1) is 5.82 Å². The standard InChI is InChI=1S/C25H27FN2O5S/c1-16(2)33-23-14-7-19(15-24(23)32-4)17(3)27-25(29)18-5-12-22(13-6-18)34(30,31)28-21-10-8-20(26)9-11-21/h5-17,28H,1-4H3,(H,27,29). The summed E-state index contributed by atoms with van der Waals surface area (Å²) < 4.78 is 51.6. The zero-order valence-corrected chi connectivity index (χ0v) is 20.1. The van der Waals surface area contributed by atoms with Crippen molar-refractivity contribution in [3.05, 3.63) is 83.7 Å². The first-order valence-electron chi connectivity index (χ1n) is 10.6. The van der Waals surface area contributed by atoms with Crippen molar-refractivity contribution in [1.29, 1.82) is 0 Å². The molecule has 0 heterocycles. The maximum Gasteiger partial charge on any atom is 0.261 e. The number of rotatable bonds is 9. The molecular weight excluding hydrogens is 459 g/mol. The molecule has 0 aliphatic carbocycles. The fraction of sp³-hybridized carbons (Fsp3) is 0.240. The Bertz CT molecular complexity index is 1240. The van der Waals surface area contributed by atoms with E-state index in [1.165, 1.54) is 36.4 Å². The van der Waals surface area contributed by atoms with Crippen molar-refractivity contribution in [2.45, 2.75) is 37.8 Å². The van der Waals surface area contributed by atoms with Gasteiger partial charge in [0.05, 0.1) is 24.2 Å². The van der Waals surface area contributed by atoms with Crippen molar-refractivity contribution in [2.75, 3.05) is 11.8 Å². The fourth-order valence-electron chi connectivity index (χ4n) is 3.19. The number of carbonyl (C=O) groups is 1. The van der Waals surface area contributed by atoms with Gasteiger partial charge in [0.25, 0.3) is 15.9 Å². The quantitative estimate of drug-likeness (QED) is 0.448. The average molecular weight is 487 g/mol. The number of halogens is 1. The molecule has 3 aromatic carbocycles. The molecule has 180 valence electrons. The van der Waals surface area contributed by atoms with Crippen LogP contribution in [0.1, 0.15) is 42.7 Å². The van der Waals surface area contributed by atoms with Gasteiger partial charge in [0.15, 0.2) is 11.5 Å². The predicted octanol–water partition coefficient (Wildman–Crippen LogP) is 4.91. The summed E-state index contributed by atoms with van der Waals surface area (Å²) in [4.78, 5) is 12.7. The van der Waals surface area contributed by atoms with Gasteiger partial charge in [0.2, 0.25) is 0 Å². The van der Waals surface area contributed by atoms with Gasteiger partial charge in [-0.15, -0.1) is 0 Å². The van der Waals surface area contributed by atoms with Gasteiger partial charge in [-0.2, -0.15) is 0 Å². The monoisotopic (exact) mass is 486 g/mol. The molecule has 3 rings (SSSR count). The SMILES string of the molecule is COc1cc(C(C)NC(=O)c2ccc(S(=O)(=O)Nc3ccc(F)cc3)cc2)ccc1OC(C)C. The molecule has 9 heteroatoms. The third-order valence-corrected chi connectivity index (χ3v) is 6.32. The topological polar surface area (TPSA) is 93.7 Å². The normalized spacial score (nSPS) is 12.2. The van der Waals surface area contributed by atoms with Crippen molar-refractivity contribution in [2.24, 2.45) is 0 Å². The molecule has 0 aromatic heterocycles. The van der Waals surface area contributed by atoms with Gasteiger partial charge >= 0.3 is 0 Å². The number of carbonyl (C=O) groups excluding carboxylic acids is 1. The number of methoxy groups -OCH3 is 1. The third kappa shape index (κ3) is 6.26. The summed E-state index contributed by atoms with van der Waals surface area (Å²) in [5.74, 6) is 0.358. The Morgan fingerprint density at radius 2 is 1.56 bits per heavy atom. The first-order valence-corrected chi connectivity index (χ1v) is 12.1. The number of sulfonamides is 1. The molecule has 0 bridgehead atoms. The summed E-state index contributed by atoms with van der Waals surface area (Å²) in [6, 6.07) is 15.6. The molecule has 1 amide bonds. The second-order valence-electron chi connectivity index (χ2n) is 7.91. The van der Waals surface area contributed by atoms with E-state index in [0.717, 1.165) is 17.7 Å². The summed E-state index contributed by atoms with van der Waals surface area (Å²) in [6.07, 6.45) is -0.00504. The molecule has 0 aliphatic heterocycles. The number of amides is 1. The van der Waals surface area contributed by atoms with Crippen LogP contribution in [-0.2, 0) is 10.0 Å². The summed E-state index contributed by atoms with van der Waals surface area (Å²) >= 11 is 0. The molecule has 2 N–H and O–H groups in total. The van der Waals surface area contributed by atoms with E-state index in [0.29, 0.717) is 17.1 Å². The van der Waals surface area contributed by atoms with Crippen molar-refractivity contribution < 1.29 is 27.1 Å². The highest BCUT2D eigenvalue weighted by atomic mass is 32.2. The lowest BCUT2D eigenvalue weighted by Crippen LogP contribution is -2.26. The van der Waals surface area contributed by atoms with E-state index in [1.54, 1.807) is 19.2 Å². The van der Waals surface area contributed by atoms with Crippen LogP contribution in [0.15, 0.2) is 71.6 Å². The highest BCUT2D eigenvalue weighted by Crippen LogP contribution is 2.31. The average Bonchev–Trinajstić information content (AvgIpc) is 2.80. The zero-order chi connectivity index (χ0) is 24.9. The van der Waals surface area contributed by atoms with Crippen LogP contribution in [0.3, 0.4) is 0 Å². The van der Waals surface area contributed by atoms with Gasteiger partial charge in [-0.1, -0.05) is 6.07 Å². The minimum atomic E-state index is -3.89. The molecule has 1 unspecified atom stereocenters. The van der Waals surface area contributed by atoms with E-state index < -0.39 is 15.8 Å². The summed E-state index contributed by atoms with van der Waals surface area (Å²) in [7, 11) is -2.33. The summed E-state index contributed by atoms with van der Waals surface area (Å²) in [5, 5.41) is 2.89. The largest absolute Gasteiger partial charge is 0.493 e. The van der Waals surface area contributed by atoms with Crippen LogP contribution < -0.4 is 19.5 Å². The number of ether oxygens (including phenoxy) is 2. The zero-order valence-electron chi connectivity index (χ0n) is 19.3. The molecular formula is C25H27FN2O5S. The van der Waals surface area contributed by atoms with E-state index >= 15 is 0 Å². The summed E-state index contributed by atoms with van der Waals surface area (Å²) in [6.45, 7) is 5.68. The summed E-state index contributed by atoms with van der Waals surface area (Å²) in [5.41, 5.74) is 1.36. The van der Waals surface area contributed by atoms with E-state index in [-0.39, 0.29) is 28.6 Å². The molecule has 34 heavy (non-hydrogen) atoms. The smallest absolute Gasteiger partial charge is 0.261 e. The number of nitrogens with one attached hydrogen (secondary N) is 2. The highest BCUT2D eigenvalue weighted by Gasteiger charge is 2.17. The fourth-order valence-corrected chi connectivity index (χ4v) is 4.24. The van der Waals surface area contributed by atoms with Crippen LogP contribution in [0.5, 0.6) is 11.5 Å². The molecule has 0 radical (unpaired) electrons. The minimum Gasteiger partial charge on any atom is -0.493 e. The maximum atomic E-state index is 13.0. The lowest BCUT2D eigenvalue weighted by molar-refractivity contribution is 0.0939. The Morgan fingerprint density at radius 1 is 0.912 bits per heavy atom. The molecule has 0 saturated heterocycles. The van der Waals surface area contributed by atoms with Crippen LogP contribution in [0.25, 0.3) is 0 Å². The minimum absolute atomic E-state index is 0.00504. The van der Waals surface area contributed by atoms with Crippen LogP contribution in [-0.4, -0.2) is 27.5 Å². The molecule has 7 nitrogen and oxygen atoms in total. The Hall–Kier alpha value is -3.59. The molecule has 0 fully saturated rings. The van der Waals surface area contributed by atoms with Crippen molar-refractivity contribution in [3.63, 3.8) is 0 Å². The van der Waals surface area contributed by atoms with Crippen molar-refractivity contribution in [3.8, 4) is 11.5 Å². The Morgan fingerprint density at radius 3 is 2.15 bits per heavy atom. The van der Waals surface area contributed by atoms with Gasteiger partial charge < -0.3 is 14.8 Å². The molecule has 0 spiro atoms. The highest BCUT2D eigenvalue weighted by molar-refractivity contribution is 7.92. The number of hydrogen-bond donors (Lipinski definition) is 2. The van der Waals surface area contributed by atoms with E-state index in [4.69, 9.17) is 9.47 Å². The Labute approximate surface area is 199 Å². The first kappa shape index (κ1) is 25.0. The lowest BCUT2D eigenvalue weighted by Gasteiger charge is -2.18. The molecule has 1 atom stereocenters. The number of hydrogen-bond acceptors (Lipinski definition) is 5. The van der Waals surface area contributed by atoms with Crippen molar-refractivity contribution >= 4 is 21.6 Å². The van der Waals surface area contributed by atoms with Crippen LogP contribution in [0.4, 0.5) is 10.1 Å². The van der Waals surface area contributed by atoms with Gasteiger partial charge in [0.1, 0.15) is 5.82 Å². The molecule has 3 aromatic rings. The third-order valence-electron chi connectivity index (χ3n) is 4.92. The number of benzene rings is 3. The van der Waals surface area contributed by atoms with E-state index in [2.05, 4.69) is 10.0 Å². The number of anilines is 1. The molecule has 0 saturated carbocycles. The van der Waals surface area contributed by atoms with E-state index in [1.807, 2.05) is 26.8 Å². The predicted molar refractivity (Wildman–Crippen MR) is 128 cm³/mol.